The van der Waals surface area contributed by atoms with Gasteiger partial charge in [-0.2, -0.15) is 0 Å². The smallest absolute Gasteiger partial charge is 0.194 e. The standard InChI is InChI=1S/C21H20F4/c1-2-3-13-4-6-14(7-5-13)15-8-9-17(18(22)10-15)16-11-19(23)21(25)20(24)12-16/h2-3,8-14H,4-7H2,1H3/b3-2+. The van der Waals surface area contributed by atoms with Crippen molar-refractivity contribution in [1.29, 1.82) is 0 Å². The average molecular weight is 348 g/mol. The molecular weight excluding hydrogens is 328 g/mol. The second-order valence-electron chi connectivity index (χ2n) is 6.63. The van der Waals surface area contributed by atoms with Crippen LogP contribution < -0.4 is 0 Å². The van der Waals surface area contributed by atoms with Crippen LogP contribution in [-0.2, 0) is 0 Å². The highest BCUT2D eigenvalue weighted by molar-refractivity contribution is 5.65. The molecule has 1 fully saturated rings. The summed E-state index contributed by atoms with van der Waals surface area (Å²) >= 11 is 0. The molecule has 2 aromatic rings. The first-order valence-electron chi connectivity index (χ1n) is 8.56. The van der Waals surface area contributed by atoms with Gasteiger partial charge in [-0.25, -0.2) is 17.6 Å². The molecule has 0 heterocycles. The number of rotatable bonds is 3. The molecule has 0 nitrogen and oxygen atoms in total. The Kier molecular flexibility index (Phi) is 5.26. The number of hydrogen-bond donors (Lipinski definition) is 0. The van der Waals surface area contributed by atoms with Crippen molar-refractivity contribution in [3.63, 3.8) is 0 Å². The molecule has 0 radical (unpaired) electrons. The van der Waals surface area contributed by atoms with E-state index in [-0.39, 0.29) is 11.1 Å². The predicted molar refractivity (Wildman–Crippen MR) is 91.2 cm³/mol. The summed E-state index contributed by atoms with van der Waals surface area (Å²) in [6.45, 7) is 2.02. The summed E-state index contributed by atoms with van der Waals surface area (Å²) in [5, 5.41) is 0. The minimum Gasteiger partial charge on any atom is -0.206 e. The van der Waals surface area contributed by atoms with Gasteiger partial charge in [-0.15, -0.1) is 0 Å². The third-order valence-electron chi connectivity index (χ3n) is 5.00. The van der Waals surface area contributed by atoms with Gasteiger partial charge in [-0.05, 0) is 73.8 Å². The zero-order valence-electron chi connectivity index (χ0n) is 14.0. The highest BCUT2D eigenvalue weighted by Crippen LogP contribution is 2.37. The summed E-state index contributed by atoms with van der Waals surface area (Å²) in [5.74, 6) is -3.83. The molecule has 1 aliphatic rings. The molecule has 4 heteroatoms. The lowest BCUT2D eigenvalue weighted by Crippen LogP contribution is -2.12. The van der Waals surface area contributed by atoms with Crippen LogP contribution in [0.2, 0.25) is 0 Å². The van der Waals surface area contributed by atoms with Crippen LogP contribution in [0.15, 0.2) is 42.5 Å². The molecule has 0 bridgehead atoms. The summed E-state index contributed by atoms with van der Waals surface area (Å²) < 4.78 is 54.3. The van der Waals surface area contributed by atoms with Crippen LogP contribution in [0.25, 0.3) is 11.1 Å². The third-order valence-corrected chi connectivity index (χ3v) is 5.00. The van der Waals surface area contributed by atoms with E-state index < -0.39 is 23.3 Å². The zero-order valence-corrected chi connectivity index (χ0v) is 14.0. The Balaban J connectivity index is 1.82. The van der Waals surface area contributed by atoms with Crippen LogP contribution >= 0.6 is 0 Å². The Bertz CT molecular complexity index is 763. The summed E-state index contributed by atoms with van der Waals surface area (Å²) in [5.41, 5.74) is 0.977. The van der Waals surface area contributed by atoms with Crippen LogP contribution in [0.1, 0.15) is 44.1 Å². The van der Waals surface area contributed by atoms with E-state index in [1.165, 1.54) is 12.1 Å². The minimum absolute atomic E-state index is 0.00255. The maximum atomic E-state index is 14.5. The largest absolute Gasteiger partial charge is 0.206 e. The molecule has 0 atom stereocenters. The van der Waals surface area contributed by atoms with Gasteiger partial charge in [-0.3, -0.25) is 0 Å². The van der Waals surface area contributed by atoms with E-state index in [9.17, 15) is 17.6 Å². The van der Waals surface area contributed by atoms with Gasteiger partial charge in [0, 0.05) is 5.56 Å². The van der Waals surface area contributed by atoms with Gasteiger partial charge in [0.1, 0.15) is 5.82 Å². The van der Waals surface area contributed by atoms with Crippen molar-refractivity contribution in [3.05, 3.63) is 71.3 Å². The fourth-order valence-corrected chi connectivity index (χ4v) is 3.65. The molecule has 0 aliphatic heterocycles. The van der Waals surface area contributed by atoms with Crippen LogP contribution in [0.5, 0.6) is 0 Å². The molecule has 3 rings (SSSR count). The quantitative estimate of drug-likeness (QED) is 0.326. The first-order valence-corrected chi connectivity index (χ1v) is 8.56. The van der Waals surface area contributed by atoms with Gasteiger partial charge < -0.3 is 0 Å². The van der Waals surface area contributed by atoms with E-state index >= 15 is 0 Å². The number of benzene rings is 2. The molecule has 0 unspecified atom stereocenters. The summed E-state index contributed by atoms with van der Waals surface area (Å²) in [6, 6.07) is 6.40. The normalized spacial score (nSPS) is 21.0. The molecule has 0 aromatic heterocycles. The lowest BCUT2D eigenvalue weighted by Gasteiger charge is -2.27. The average Bonchev–Trinajstić information content (AvgIpc) is 2.60. The molecule has 1 saturated carbocycles. The van der Waals surface area contributed by atoms with Crippen LogP contribution in [0, 0.1) is 29.2 Å². The summed E-state index contributed by atoms with van der Waals surface area (Å²) in [4.78, 5) is 0. The van der Waals surface area contributed by atoms with E-state index in [0.717, 1.165) is 43.4 Å². The molecule has 1 aliphatic carbocycles. The summed E-state index contributed by atoms with van der Waals surface area (Å²) in [6.07, 6.45) is 8.43. The molecule has 0 saturated heterocycles. The lowest BCUT2D eigenvalue weighted by molar-refractivity contribution is 0.375. The van der Waals surface area contributed by atoms with Gasteiger partial charge in [0.25, 0.3) is 0 Å². The highest BCUT2D eigenvalue weighted by Gasteiger charge is 2.22. The highest BCUT2D eigenvalue weighted by atomic mass is 19.2. The monoisotopic (exact) mass is 348 g/mol. The first-order chi connectivity index (χ1) is 12.0. The molecule has 0 spiro atoms. The molecule has 25 heavy (non-hydrogen) atoms. The second-order valence-corrected chi connectivity index (χ2v) is 6.63. The SMILES string of the molecule is C/C=C/C1CCC(c2ccc(-c3cc(F)c(F)c(F)c3)c(F)c2)CC1. The van der Waals surface area contributed by atoms with Gasteiger partial charge in [0.15, 0.2) is 17.5 Å². The number of allylic oxidation sites excluding steroid dienone is 2. The lowest BCUT2D eigenvalue weighted by atomic mass is 9.78. The third kappa shape index (κ3) is 3.78. The van der Waals surface area contributed by atoms with Gasteiger partial charge in [-0.1, -0.05) is 24.3 Å². The predicted octanol–water partition coefficient (Wildman–Crippen LogP) is 6.76. The minimum atomic E-state index is -1.54. The maximum Gasteiger partial charge on any atom is 0.194 e. The molecule has 2 aromatic carbocycles. The van der Waals surface area contributed by atoms with Crippen molar-refractivity contribution in [2.24, 2.45) is 5.92 Å². The zero-order chi connectivity index (χ0) is 18.0. The van der Waals surface area contributed by atoms with Crippen LogP contribution in [0.3, 0.4) is 0 Å². The molecule has 132 valence electrons. The molecular formula is C21H20F4. The van der Waals surface area contributed by atoms with Crippen molar-refractivity contribution in [3.8, 4) is 11.1 Å². The van der Waals surface area contributed by atoms with Crippen molar-refractivity contribution in [2.45, 2.75) is 38.5 Å². The Morgan fingerprint density at radius 3 is 2.04 bits per heavy atom. The van der Waals surface area contributed by atoms with Crippen molar-refractivity contribution >= 4 is 0 Å². The van der Waals surface area contributed by atoms with Crippen molar-refractivity contribution in [2.75, 3.05) is 0 Å². The topological polar surface area (TPSA) is 0 Å². The second kappa shape index (κ2) is 7.42. The van der Waals surface area contributed by atoms with Gasteiger partial charge in [0.05, 0.1) is 0 Å². The van der Waals surface area contributed by atoms with Crippen molar-refractivity contribution < 1.29 is 17.6 Å². The van der Waals surface area contributed by atoms with E-state index in [1.807, 2.05) is 6.92 Å². The Hall–Kier alpha value is -2.10. The van der Waals surface area contributed by atoms with Crippen LogP contribution in [-0.4, -0.2) is 0 Å². The summed E-state index contributed by atoms with van der Waals surface area (Å²) in [7, 11) is 0. The Morgan fingerprint density at radius 2 is 1.48 bits per heavy atom. The molecule has 0 N–H and O–H groups in total. The van der Waals surface area contributed by atoms with E-state index in [0.29, 0.717) is 11.8 Å². The van der Waals surface area contributed by atoms with Crippen LogP contribution in [0.4, 0.5) is 17.6 Å². The number of hydrogen-bond acceptors (Lipinski definition) is 0. The van der Waals surface area contributed by atoms with Gasteiger partial charge >= 0.3 is 0 Å². The maximum absolute atomic E-state index is 14.5. The Labute approximate surface area is 145 Å². The van der Waals surface area contributed by atoms with E-state index in [4.69, 9.17) is 0 Å². The van der Waals surface area contributed by atoms with E-state index in [2.05, 4.69) is 12.2 Å². The van der Waals surface area contributed by atoms with Gasteiger partial charge in [0.2, 0.25) is 0 Å². The first kappa shape index (κ1) is 17.7. The van der Waals surface area contributed by atoms with E-state index in [1.54, 1.807) is 6.07 Å². The van der Waals surface area contributed by atoms with Crippen molar-refractivity contribution in [1.82, 2.24) is 0 Å². The fraction of sp³-hybridized carbons (Fsp3) is 0.333. The fourth-order valence-electron chi connectivity index (χ4n) is 3.65. The number of halogens is 4. The molecule has 0 amide bonds. The Morgan fingerprint density at radius 1 is 0.840 bits per heavy atom.